The summed E-state index contributed by atoms with van der Waals surface area (Å²) in [5.41, 5.74) is 0.894. The number of nitrogens with zero attached hydrogens (tertiary/aromatic N) is 2. The van der Waals surface area contributed by atoms with E-state index < -0.39 is 12.0 Å². The Hall–Kier alpha value is -2.01. The number of aliphatic hydroxyl groups is 1. The summed E-state index contributed by atoms with van der Waals surface area (Å²) in [6, 6.07) is 5.70. The van der Waals surface area contributed by atoms with Crippen molar-refractivity contribution in [1.29, 1.82) is 0 Å². The molecule has 1 rings (SSSR count). The summed E-state index contributed by atoms with van der Waals surface area (Å²) in [5.74, 6) is -2.28. The number of benzene rings is 1. The number of amidine groups is 1. The fourth-order valence-corrected chi connectivity index (χ4v) is 2.66. The number of rotatable bonds is 9. The summed E-state index contributed by atoms with van der Waals surface area (Å²) in [5, 5.41) is 10.7. The van der Waals surface area contributed by atoms with Crippen molar-refractivity contribution in [1.82, 2.24) is 4.90 Å². The minimum absolute atomic E-state index is 0.0829. The van der Waals surface area contributed by atoms with Crippen molar-refractivity contribution in [3.8, 4) is 0 Å². The van der Waals surface area contributed by atoms with Gasteiger partial charge in [-0.3, -0.25) is 0 Å². The molecule has 1 N–H and O–H groups in total. The molecule has 1 unspecified atom stereocenters. The van der Waals surface area contributed by atoms with Gasteiger partial charge in [-0.25, -0.2) is 13.8 Å². The lowest BCUT2D eigenvalue weighted by Gasteiger charge is -2.28. The van der Waals surface area contributed by atoms with Gasteiger partial charge >= 0.3 is 0 Å². The van der Waals surface area contributed by atoms with Gasteiger partial charge in [-0.2, -0.15) is 0 Å². The summed E-state index contributed by atoms with van der Waals surface area (Å²) in [6.07, 6.45) is 4.37. The van der Waals surface area contributed by atoms with E-state index in [1.54, 1.807) is 6.20 Å². The van der Waals surface area contributed by atoms with Gasteiger partial charge in [0.05, 0.1) is 0 Å². The van der Waals surface area contributed by atoms with Gasteiger partial charge in [0.15, 0.2) is 0 Å². The van der Waals surface area contributed by atoms with Gasteiger partial charge in [-0.05, 0) is 25.3 Å². The van der Waals surface area contributed by atoms with Gasteiger partial charge in [0.2, 0.25) is 0 Å². The Bertz CT molecular complexity index is 624. The average Bonchev–Trinajstić information content (AvgIpc) is 2.61. The number of alkyl halides is 2. The Labute approximate surface area is 155 Å². The molecule has 1 atom stereocenters. The third-order valence-electron chi connectivity index (χ3n) is 3.98. The van der Waals surface area contributed by atoms with E-state index in [9.17, 15) is 13.9 Å². The molecule has 0 heterocycles. The van der Waals surface area contributed by atoms with Crippen molar-refractivity contribution in [3.63, 3.8) is 0 Å². The van der Waals surface area contributed by atoms with Crippen LogP contribution >= 0.6 is 0 Å². The van der Waals surface area contributed by atoms with Crippen LogP contribution in [0.1, 0.15) is 57.8 Å². The number of halogens is 2. The first kappa shape index (κ1) is 22.0. The monoisotopic (exact) mass is 364 g/mol. The topological polar surface area (TPSA) is 35.8 Å². The molecular weight excluding hydrogens is 334 g/mol. The lowest BCUT2D eigenvalue weighted by atomic mass is 9.98. The van der Waals surface area contributed by atoms with Gasteiger partial charge in [-0.15, -0.1) is 0 Å². The van der Waals surface area contributed by atoms with E-state index >= 15 is 0 Å². The van der Waals surface area contributed by atoms with Crippen molar-refractivity contribution in [2.75, 3.05) is 13.1 Å². The summed E-state index contributed by atoms with van der Waals surface area (Å²) >= 11 is 0. The summed E-state index contributed by atoms with van der Waals surface area (Å²) in [4.78, 5) is 6.56. The first-order valence-corrected chi connectivity index (χ1v) is 9.05. The molecule has 0 aliphatic rings. The Morgan fingerprint density at radius 2 is 1.77 bits per heavy atom. The van der Waals surface area contributed by atoms with Crippen molar-refractivity contribution < 1.29 is 13.9 Å². The van der Waals surface area contributed by atoms with Gasteiger partial charge in [0.1, 0.15) is 11.9 Å². The first-order chi connectivity index (χ1) is 12.3. The second-order valence-electron chi connectivity index (χ2n) is 6.36. The molecule has 0 fully saturated rings. The summed E-state index contributed by atoms with van der Waals surface area (Å²) < 4.78 is 26.8. The minimum atomic E-state index is -2.90. The zero-order chi connectivity index (χ0) is 19.7. The quantitative estimate of drug-likeness (QED) is 0.468. The third-order valence-corrected chi connectivity index (χ3v) is 3.98. The Kier molecular flexibility index (Phi) is 8.66. The van der Waals surface area contributed by atoms with Gasteiger partial charge in [0, 0.05) is 37.3 Å². The van der Waals surface area contributed by atoms with Crippen molar-refractivity contribution in [2.24, 2.45) is 4.99 Å². The van der Waals surface area contributed by atoms with Crippen LogP contribution in [0.15, 0.2) is 53.7 Å². The predicted molar refractivity (Wildman–Crippen MR) is 105 cm³/mol. The Morgan fingerprint density at radius 1 is 1.23 bits per heavy atom. The second-order valence-corrected chi connectivity index (χ2v) is 6.36. The van der Waals surface area contributed by atoms with Crippen LogP contribution < -0.4 is 0 Å². The molecule has 0 bridgehead atoms. The van der Waals surface area contributed by atoms with Crippen molar-refractivity contribution in [3.05, 3.63) is 59.8 Å². The smallest absolute Gasteiger partial charge is 0.270 e. The molecule has 1 aromatic carbocycles. The average molecular weight is 364 g/mol. The Morgan fingerprint density at radius 3 is 2.19 bits per heavy atom. The molecule has 0 aliphatic heterocycles. The van der Waals surface area contributed by atoms with Crippen LogP contribution in [-0.4, -0.2) is 28.9 Å². The van der Waals surface area contributed by atoms with E-state index in [-0.39, 0.29) is 5.56 Å². The molecular formula is C21H30F2N2O. The maximum Gasteiger partial charge on any atom is 0.270 e. The standard InChI is InChI=1S/C21H30F2N2O/c1-6-13-24-20(25(14-7-2)15-8-3)16(4)19(26)17-9-11-18(12-10-17)21(5,22)23/h6,9-13,19,26H,4,7-8,14-15H2,1-3,5H3/b13-6-,24-20?. The molecule has 0 saturated carbocycles. The fraction of sp³-hybridized carbons (Fsp3) is 0.476. The number of hydrogen-bond acceptors (Lipinski definition) is 2. The van der Waals surface area contributed by atoms with E-state index in [0.29, 0.717) is 17.0 Å². The molecule has 144 valence electrons. The first-order valence-electron chi connectivity index (χ1n) is 9.05. The third kappa shape index (κ3) is 6.06. The van der Waals surface area contributed by atoms with E-state index in [2.05, 4.69) is 30.3 Å². The van der Waals surface area contributed by atoms with Gasteiger partial charge in [0.25, 0.3) is 5.92 Å². The molecule has 0 saturated heterocycles. The van der Waals surface area contributed by atoms with Crippen LogP contribution in [0.3, 0.4) is 0 Å². The van der Waals surface area contributed by atoms with Crippen LogP contribution in [0.5, 0.6) is 0 Å². The number of hydrogen-bond donors (Lipinski definition) is 1. The van der Waals surface area contributed by atoms with E-state index in [4.69, 9.17) is 0 Å². The molecule has 1 aromatic rings. The van der Waals surface area contributed by atoms with Gasteiger partial charge in [-0.1, -0.05) is 50.8 Å². The maximum absolute atomic E-state index is 13.4. The molecule has 3 nitrogen and oxygen atoms in total. The molecule has 0 aliphatic carbocycles. The van der Waals surface area contributed by atoms with E-state index in [0.717, 1.165) is 32.9 Å². The van der Waals surface area contributed by atoms with E-state index in [1.165, 1.54) is 24.3 Å². The van der Waals surface area contributed by atoms with E-state index in [1.807, 2.05) is 13.0 Å². The highest BCUT2D eigenvalue weighted by Gasteiger charge is 2.25. The zero-order valence-electron chi connectivity index (χ0n) is 16.2. The van der Waals surface area contributed by atoms with Crippen LogP contribution in [0.25, 0.3) is 0 Å². The molecule has 0 aromatic heterocycles. The highest BCUT2D eigenvalue weighted by molar-refractivity contribution is 5.99. The molecule has 5 heteroatoms. The lowest BCUT2D eigenvalue weighted by molar-refractivity contribution is 0.0174. The maximum atomic E-state index is 13.4. The van der Waals surface area contributed by atoms with Crippen molar-refractivity contribution >= 4 is 5.84 Å². The van der Waals surface area contributed by atoms with Crippen molar-refractivity contribution in [2.45, 2.75) is 52.6 Å². The summed E-state index contributed by atoms with van der Waals surface area (Å²) in [6.45, 7) is 12.5. The largest absolute Gasteiger partial charge is 0.384 e. The Balaban J connectivity index is 3.13. The predicted octanol–water partition coefficient (Wildman–Crippen LogP) is 5.44. The number of allylic oxidation sites excluding steroid dienone is 1. The SMILES string of the molecule is C=C(C(=N/C=C\C)N(CCC)CCC)C(O)c1ccc(C(C)(F)F)cc1. The van der Waals surface area contributed by atoms with Crippen LogP contribution in [0.2, 0.25) is 0 Å². The summed E-state index contributed by atoms with van der Waals surface area (Å²) in [7, 11) is 0. The second kappa shape index (κ2) is 10.2. The molecule has 0 amide bonds. The van der Waals surface area contributed by atoms with Gasteiger partial charge < -0.3 is 10.0 Å². The zero-order valence-corrected chi connectivity index (χ0v) is 16.2. The highest BCUT2D eigenvalue weighted by atomic mass is 19.3. The number of aliphatic imine (C=N–C) groups is 1. The number of aliphatic hydroxyl groups excluding tert-OH is 1. The molecule has 0 spiro atoms. The molecule has 0 radical (unpaired) electrons. The lowest BCUT2D eigenvalue weighted by Crippen LogP contribution is -2.35. The normalized spacial score (nSPS) is 13.9. The molecule has 26 heavy (non-hydrogen) atoms. The van der Waals surface area contributed by atoms with Crippen LogP contribution in [0, 0.1) is 0 Å². The highest BCUT2D eigenvalue weighted by Crippen LogP contribution is 2.29. The van der Waals surface area contributed by atoms with Crippen LogP contribution in [0.4, 0.5) is 8.78 Å². The van der Waals surface area contributed by atoms with Crippen LogP contribution in [-0.2, 0) is 5.92 Å². The minimum Gasteiger partial charge on any atom is -0.384 e. The fourth-order valence-electron chi connectivity index (χ4n) is 2.66.